The number of nitrogens with zero attached hydrogens (tertiary/aromatic N) is 1. The van der Waals surface area contributed by atoms with Crippen molar-refractivity contribution in [2.24, 2.45) is 16.2 Å². The van der Waals surface area contributed by atoms with Gasteiger partial charge in [-0.05, 0) is 215 Å². The van der Waals surface area contributed by atoms with Crippen molar-refractivity contribution in [1.29, 1.82) is 0 Å². The van der Waals surface area contributed by atoms with E-state index in [1.165, 1.54) is 185 Å². The molecule has 3 aliphatic carbocycles. The molecule has 0 saturated carbocycles. The van der Waals surface area contributed by atoms with Gasteiger partial charge in [-0.25, -0.2) is 19.2 Å². The number of esters is 2. The molecule has 19 heteroatoms. The molecule has 0 fully saturated rings. The maximum Gasteiger partial charge on any atom is 0.341 e. The second-order valence-electron chi connectivity index (χ2n) is 28.8. The van der Waals surface area contributed by atoms with E-state index < -0.39 is 49.0 Å². The molecule has 0 atom stereocenters. The van der Waals surface area contributed by atoms with Gasteiger partial charge < -0.3 is 44.5 Å². The minimum absolute atomic E-state index is 0. The van der Waals surface area contributed by atoms with Crippen LogP contribution in [0.5, 0.6) is 0 Å². The number of nitrogens with one attached hydrogen (secondary N) is 1. The number of carboxylic acid groups (broad SMARTS) is 4. The fourth-order valence-corrected chi connectivity index (χ4v) is 11.8. The molecule has 0 spiro atoms. The fourth-order valence-electron chi connectivity index (χ4n) is 11.8. The molecule has 106 heavy (non-hydrogen) atoms. The van der Waals surface area contributed by atoms with Crippen molar-refractivity contribution in [3.05, 3.63) is 176 Å². The third-order valence-corrected chi connectivity index (χ3v) is 18.1. The number of unbranched alkanes of at least 4 members (excludes halogenated alkanes) is 4. The van der Waals surface area contributed by atoms with Crippen molar-refractivity contribution in [3.8, 4) is 0 Å². The summed E-state index contributed by atoms with van der Waals surface area (Å²) in [5.41, 5.74) is 14.9. The molecule has 0 aromatic carbocycles. The molecule has 0 amide bonds. The molecule has 0 saturated heterocycles. The average molecular weight is 2070 g/mol. The van der Waals surface area contributed by atoms with E-state index in [0.717, 1.165) is 35.9 Å². The molecule has 14 nitrogen and oxygen atoms in total. The number of rotatable bonds is 34. The summed E-state index contributed by atoms with van der Waals surface area (Å²) in [6, 6.07) is 0. The van der Waals surface area contributed by atoms with E-state index >= 15 is 0 Å². The summed E-state index contributed by atoms with van der Waals surface area (Å²) in [6.45, 7) is 52.0. The van der Waals surface area contributed by atoms with Crippen LogP contribution in [0.2, 0.25) is 0 Å². The van der Waals surface area contributed by atoms with Crippen LogP contribution in [0.1, 0.15) is 255 Å². The molecule has 0 aliphatic heterocycles. The third kappa shape index (κ3) is 58.1. The number of quaternary nitrogens is 1. The maximum absolute atomic E-state index is 11.4. The van der Waals surface area contributed by atoms with Crippen LogP contribution < -0.4 is 10.4 Å². The number of hydrogen-bond acceptors (Lipinski definition) is 10. The minimum atomic E-state index is -1.17. The molecule has 3 aliphatic rings. The smallest absolute Gasteiger partial charge is 0.341 e. The molecule has 0 bridgehead atoms. The zero-order valence-corrected chi connectivity index (χ0v) is 76.6. The molecule has 3 rings (SSSR count). The number of ether oxygens (including phenoxy) is 2. The van der Waals surface area contributed by atoms with Crippen LogP contribution >= 0.6 is 39.1 Å². The first-order chi connectivity index (χ1) is 48.8. The molecule has 0 unspecified atom stereocenters. The van der Waals surface area contributed by atoms with Gasteiger partial charge in [0.05, 0.1) is 37.5 Å². The summed E-state index contributed by atoms with van der Waals surface area (Å²) in [5.74, 6) is -5.64. The molecule has 614 valence electrons. The molecular weight excluding hydrogens is 1930 g/mol. The summed E-state index contributed by atoms with van der Waals surface area (Å²) in [4.78, 5) is 63.2. The number of allylic oxidation sites excluding steroid dienone is 27. The van der Waals surface area contributed by atoms with E-state index in [1.807, 2.05) is 57.2 Å². The van der Waals surface area contributed by atoms with Gasteiger partial charge in [-0.2, -0.15) is 0 Å². The van der Waals surface area contributed by atoms with Gasteiger partial charge in [0.25, 0.3) is 0 Å². The average Bonchev–Trinajstić information content (AvgIpc) is 0.836. The Hall–Kier alpha value is -8.10. The van der Waals surface area contributed by atoms with Gasteiger partial charge in [0, 0.05) is 12.2 Å². The van der Waals surface area contributed by atoms with Crippen molar-refractivity contribution in [2.45, 2.75) is 255 Å². The molecule has 0 aromatic rings. The number of hydrogen-bond donors (Lipinski definition) is 4. The van der Waals surface area contributed by atoms with E-state index in [1.54, 1.807) is 39.0 Å². The van der Waals surface area contributed by atoms with E-state index in [4.69, 9.17) is 38.5 Å². The van der Waals surface area contributed by atoms with Gasteiger partial charge in [-0.15, -0.1) is 23.2 Å². The fraction of sp³-hybridized carbons (Fsp3) is 0.586. The standard InChI is InChI=1S/2C22H30O4.C20H28O2.C16H36N.C4H11N.C2H3BrO2.CH2Cl2.2Fm/c2*1-16(11-12-19-18(3)10-7-13-22(19,4)5)8-6-9-17(2)14-21(25)26-15-20(23)24;1-15(8-6-9-16(2)14-19(21)22)11-12-18-17(3)10-7-13-20(18,4)5;1-5-9-13-17(14-10-6-2,15-11-7-3)16-12-8-4;1-3-5-4-2;3-1-2(4)5;2-1-3;;/h2*6,8-9,11-12,14H,7,10,13,15H2,1-5H3,(H,23,24);6,8-9,11-12,14H,7,10,13H2,1-5H3,(H,21,22);5-16H2,1-4H3;5H,3-4H2,1-2H3;1H2,(H,4,5);1H2;;/q;;;+1;;;;;/p-1/b2*9-6+,12-11+,16-8+,17-14-;9-6+,12-11+,15-8+,16-14-;;;;;;. The first-order valence-corrected chi connectivity index (χ1v) is 39.7. The summed E-state index contributed by atoms with van der Waals surface area (Å²) < 4.78 is 10.5. The second-order valence-corrected chi connectivity index (χ2v) is 30.2. The summed E-state index contributed by atoms with van der Waals surface area (Å²) in [7, 11) is 0. The maximum atomic E-state index is 11.4. The summed E-state index contributed by atoms with van der Waals surface area (Å²) in [6.07, 6.45) is 55.6. The Balaban J connectivity index is -0.000000298. The van der Waals surface area contributed by atoms with Gasteiger partial charge in [-0.1, -0.05) is 249 Å². The van der Waals surface area contributed by atoms with Crippen LogP contribution in [0.4, 0.5) is 0 Å². The number of carboxylic acids is 4. The zero-order valence-electron chi connectivity index (χ0n) is 68.7. The molecular formula is C87H139BrCl2Fm2N2O12. The van der Waals surface area contributed by atoms with Crippen molar-refractivity contribution < 1.29 is 63.2 Å². The van der Waals surface area contributed by atoms with E-state index in [9.17, 15) is 33.9 Å². The second kappa shape index (κ2) is 64.1. The van der Waals surface area contributed by atoms with Crippen LogP contribution in [-0.4, -0.2) is 119 Å². The molecule has 4 N–H and O–H groups in total. The number of aliphatic carboxylic acids is 4. The van der Waals surface area contributed by atoms with Crippen molar-refractivity contribution >= 4 is 74.9 Å². The third-order valence-electron chi connectivity index (χ3n) is 17.6. The van der Waals surface area contributed by atoms with Gasteiger partial charge in [0.2, 0.25) is 0 Å². The Morgan fingerprint density at radius 1 is 0.472 bits per heavy atom. The normalized spacial score (nSPS) is 16.2. The largest absolute Gasteiger partial charge is 0.545 e. The van der Waals surface area contributed by atoms with E-state index in [0.29, 0.717) is 16.7 Å². The number of alkyl halides is 3. The van der Waals surface area contributed by atoms with Gasteiger partial charge >= 0.3 is 29.8 Å². The number of carbonyl (C=O) groups is 6. The first kappa shape index (κ1) is 109. The Morgan fingerprint density at radius 2 is 0.726 bits per heavy atom. The van der Waals surface area contributed by atoms with Crippen molar-refractivity contribution in [1.82, 2.24) is 5.32 Å². The Morgan fingerprint density at radius 3 is 0.925 bits per heavy atom. The topological polar surface area (TPSA) is 217 Å². The number of carbonyl (C=O) groups excluding carboxylic acids is 3. The Labute approximate surface area is 649 Å². The Bertz CT molecular complexity index is 2900. The SMILES string of the molecule is CC1=C(/C=C/C(C)=C/C=C/C(C)=C\C(=O)OCC(=O)O)C(C)(C)CCC1.CC1=C(/C=C/C(C)=C/C=C/C(C)=C\C(=O)OCC(=O)O)C(C)(C)CCC1.CC1=C(/C=C/C(C)=C/C=C/C(C)=C\C(=O)[O-])C(C)(C)CCC1.CCCC[N+](CCCC)(CCCC)CCCC.CCNCC.ClCCl.O=C(O)CBr.[Fm].[Fm]. The van der Waals surface area contributed by atoms with Crippen LogP contribution in [0.25, 0.3) is 0 Å². The molecule has 0 aromatic heterocycles. The predicted molar refractivity (Wildman–Crippen MR) is 442 cm³/mol. The molecule has 0 heterocycles. The minimum Gasteiger partial charge on any atom is -0.545 e. The molecule has 0 radical (unpaired) electrons. The van der Waals surface area contributed by atoms with Crippen LogP contribution in [0, 0.1) is 16.2 Å². The van der Waals surface area contributed by atoms with Crippen LogP contribution in [0.3, 0.4) is 0 Å². The van der Waals surface area contributed by atoms with Gasteiger partial charge in [-0.3, -0.25) is 4.79 Å². The van der Waals surface area contributed by atoms with Gasteiger partial charge in [0.15, 0.2) is 13.2 Å². The summed E-state index contributed by atoms with van der Waals surface area (Å²) >= 11 is 12.2. The Kier molecular flexibility index (Phi) is 65.8. The predicted octanol–water partition coefficient (Wildman–Crippen LogP) is 22.1. The van der Waals surface area contributed by atoms with Crippen molar-refractivity contribution in [3.63, 3.8) is 0 Å². The quantitative estimate of drug-likeness (QED) is 0.0155. The van der Waals surface area contributed by atoms with E-state index in [2.05, 4.69) is 171 Å². The van der Waals surface area contributed by atoms with E-state index in [-0.39, 0.29) is 26.9 Å². The van der Waals surface area contributed by atoms with Crippen LogP contribution in [0.15, 0.2) is 176 Å². The van der Waals surface area contributed by atoms with Crippen LogP contribution in [-0.2, 0) is 38.2 Å². The summed E-state index contributed by atoms with van der Waals surface area (Å²) in [5, 5.41) is 38.4. The van der Waals surface area contributed by atoms with Gasteiger partial charge in [0.1, 0.15) is 5.33 Å². The monoisotopic (exact) mass is 2070 g/mol. The first-order valence-electron chi connectivity index (χ1n) is 37.5. The van der Waals surface area contributed by atoms with Crippen molar-refractivity contribution in [2.75, 3.05) is 63.2 Å². The zero-order chi connectivity index (χ0) is 80.3. The number of halogens is 3.